The van der Waals surface area contributed by atoms with Crippen LogP contribution in [-0.4, -0.2) is 30.1 Å². The number of hydrogen-bond acceptors (Lipinski definition) is 6. The normalized spacial score (nSPS) is 11.9. The molecule has 0 atom stereocenters. The first-order chi connectivity index (χ1) is 15.4. The summed E-state index contributed by atoms with van der Waals surface area (Å²) in [5.41, 5.74) is 2.11. The average Bonchev–Trinajstić information content (AvgIpc) is 3.32. The van der Waals surface area contributed by atoms with Gasteiger partial charge in [0.15, 0.2) is 11.5 Å². The summed E-state index contributed by atoms with van der Waals surface area (Å²) in [6, 6.07) is 17.9. The summed E-state index contributed by atoms with van der Waals surface area (Å²) in [7, 11) is 0. The number of hydrogen-bond donors (Lipinski definition) is 5. The average molecular weight is 443 g/mol. The number of phenolic OH excluding ortho intramolecular Hbond substituents is 5. The van der Waals surface area contributed by atoms with E-state index in [0.717, 1.165) is 36.5 Å². The Morgan fingerprint density at radius 3 is 2.06 bits per heavy atom. The van der Waals surface area contributed by atoms with Gasteiger partial charge in [-0.25, -0.2) is 0 Å². The minimum absolute atomic E-state index is 0.206. The maximum absolute atomic E-state index is 10.7. The number of aryl methyl sites for hydroxylation is 1. The van der Waals surface area contributed by atoms with Gasteiger partial charge in [0.2, 0.25) is 17.2 Å². The van der Waals surface area contributed by atoms with Crippen LogP contribution in [0.25, 0.3) is 47.7 Å². The summed E-state index contributed by atoms with van der Waals surface area (Å²) < 4.78 is 3.85. The van der Waals surface area contributed by atoms with Gasteiger partial charge < -0.3 is 30.1 Å². The minimum atomic E-state index is -0.980. The minimum Gasteiger partial charge on any atom is -0.503 e. The number of aromatic nitrogens is 1. The van der Waals surface area contributed by atoms with Crippen LogP contribution in [0.1, 0.15) is 5.56 Å². The Morgan fingerprint density at radius 2 is 1.31 bits per heavy atom. The first-order valence-corrected chi connectivity index (χ1v) is 10.7. The van der Waals surface area contributed by atoms with E-state index in [-0.39, 0.29) is 5.69 Å². The monoisotopic (exact) mass is 443 g/mol. The summed E-state index contributed by atoms with van der Waals surface area (Å²) >= 11 is 1.69. The highest BCUT2D eigenvalue weighted by Crippen LogP contribution is 2.54. The van der Waals surface area contributed by atoms with Crippen molar-refractivity contribution < 1.29 is 25.5 Å². The summed E-state index contributed by atoms with van der Waals surface area (Å²) in [5.74, 6) is -4.24. The highest BCUT2D eigenvalue weighted by molar-refractivity contribution is 7.26. The van der Waals surface area contributed by atoms with Gasteiger partial charge in [-0.3, -0.25) is 0 Å². The van der Waals surface area contributed by atoms with Crippen LogP contribution in [0.5, 0.6) is 28.7 Å². The zero-order valence-electron chi connectivity index (χ0n) is 16.8. The Balaban J connectivity index is 1.91. The smallest absolute Gasteiger partial charge is 0.208 e. The zero-order chi connectivity index (χ0) is 22.3. The molecule has 0 saturated heterocycles. The Morgan fingerprint density at radius 1 is 0.625 bits per heavy atom. The van der Waals surface area contributed by atoms with Crippen LogP contribution in [0.15, 0.2) is 54.6 Å². The maximum Gasteiger partial charge on any atom is 0.208 e. The summed E-state index contributed by atoms with van der Waals surface area (Å²) in [6.07, 6.45) is 0. The van der Waals surface area contributed by atoms with Crippen molar-refractivity contribution >= 4 is 53.3 Å². The quantitative estimate of drug-likeness (QED) is 0.159. The molecule has 0 aliphatic heterocycles. The molecule has 6 nitrogen and oxygen atoms in total. The number of phenols is 5. The van der Waals surface area contributed by atoms with Crippen LogP contribution < -0.4 is 0 Å². The summed E-state index contributed by atoms with van der Waals surface area (Å²) in [4.78, 5) is 0. The Bertz CT molecular complexity index is 1720. The molecule has 6 rings (SSSR count). The van der Waals surface area contributed by atoms with Crippen molar-refractivity contribution in [1.82, 2.24) is 4.57 Å². The number of aromatic hydroxyl groups is 5. The van der Waals surface area contributed by atoms with E-state index in [4.69, 9.17) is 0 Å². The van der Waals surface area contributed by atoms with E-state index in [2.05, 4.69) is 12.1 Å². The van der Waals surface area contributed by atoms with Crippen LogP contribution in [0, 0.1) is 6.92 Å². The van der Waals surface area contributed by atoms with Gasteiger partial charge >= 0.3 is 0 Å². The lowest BCUT2D eigenvalue weighted by molar-refractivity contribution is 0.327. The van der Waals surface area contributed by atoms with Crippen LogP contribution >= 0.6 is 11.3 Å². The van der Waals surface area contributed by atoms with E-state index < -0.39 is 28.7 Å². The van der Waals surface area contributed by atoms with Gasteiger partial charge in [-0.2, -0.15) is 0 Å². The predicted molar refractivity (Wildman–Crippen MR) is 127 cm³/mol. The molecule has 7 heteroatoms. The molecule has 2 heterocycles. The van der Waals surface area contributed by atoms with E-state index in [9.17, 15) is 25.5 Å². The SMILES string of the molecule is Cc1ccc2c3c4c(ccc3n(-c3c(O)c(O)c(O)c(O)c3O)c2c1)sc1ccccc14. The van der Waals surface area contributed by atoms with Gasteiger partial charge in [0.1, 0.15) is 5.69 Å². The van der Waals surface area contributed by atoms with Crippen molar-refractivity contribution in [1.29, 1.82) is 0 Å². The fourth-order valence-corrected chi connectivity index (χ4v) is 5.67. The molecule has 0 bridgehead atoms. The lowest BCUT2D eigenvalue weighted by atomic mass is 10.0. The van der Waals surface area contributed by atoms with Crippen molar-refractivity contribution in [2.45, 2.75) is 6.92 Å². The second kappa shape index (κ2) is 6.21. The third-order valence-electron chi connectivity index (χ3n) is 6.00. The first-order valence-electron chi connectivity index (χ1n) is 9.92. The number of fused-ring (bicyclic) bond motifs is 7. The zero-order valence-corrected chi connectivity index (χ0v) is 17.6. The lowest BCUT2D eigenvalue weighted by Crippen LogP contribution is -1.96. The van der Waals surface area contributed by atoms with E-state index >= 15 is 0 Å². The molecule has 0 amide bonds. The molecule has 0 spiro atoms. The molecule has 0 unspecified atom stereocenters. The molecule has 5 N–H and O–H groups in total. The number of benzene rings is 4. The molecule has 2 aromatic heterocycles. The number of nitrogens with zero attached hydrogens (tertiary/aromatic N) is 1. The highest BCUT2D eigenvalue weighted by atomic mass is 32.1. The molecule has 0 saturated carbocycles. The second-order valence-corrected chi connectivity index (χ2v) is 8.96. The molecule has 158 valence electrons. The van der Waals surface area contributed by atoms with E-state index in [1.807, 2.05) is 49.4 Å². The summed E-state index contributed by atoms with van der Waals surface area (Å²) in [5, 5.41) is 55.6. The Labute approximate surface area is 185 Å². The fraction of sp³-hybridized carbons (Fsp3) is 0.0400. The summed E-state index contributed by atoms with van der Waals surface area (Å²) in [6.45, 7) is 1.93. The van der Waals surface area contributed by atoms with Gasteiger partial charge in [0.05, 0.1) is 11.0 Å². The maximum atomic E-state index is 10.7. The number of rotatable bonds is 1. The third kappa shape index (κ3) is 2.23. The number of thiophene rings is 1. The Hall–Kier alpha value is -4.10. The molecule has 0 aliphatic carbocycles. The van der Waals surface area contributed by atoms with Gasteiger partial charge in [-0.1, -0.05) is 30.3 Å². The van der Waals surface area contributed by atoms with Crippen molar-refractivity contribution in [3.63, 3.8) is 0 Å². The fourth-order valence-electron chi connectivity index (χ4n) is 4.56. The second-order valence-electron chi connectivity index (χ2n) is 7.88. The van der Waals surface area contributed by atoms with Crippen molar-refractivity contribution in [2.75, 3.05) is 0 Å². The molecular formula is C25H17NO5S. The van der Waals surface area contributed by atoms with Crippen molar-refractivity contribution in [3.8, 4) is 34.4 Å². The highest BCUT2D eigenvalue weighted by Gasteiger charge is 2.27. The molecule has 0 fully saturated rings. The van der Waals surface area contributed by atoms with E-state index in [0.29, 0.717) is 11.0 Å². The van der Waals surface area contributed by atoms with Gasteiger partial charge in [-0.15, -0.1) is 11.3 Å². The van der Waals surface area contributed by atoms with E-state index in [1.165, 1.54) is 0 Å². The lowest BCUT2D eigenvalue weighted by Gasteiger charge is -2.15. The van der Waals surface area contributed by atoms with Crippen LogP contribution in [0.2, 0.25) is 0 Å². The van der Waals surface area contributed by atoms with Gasteiger partial charge in [0, 0.05) is 30.9 Å². The van der Waals surface area contributed by atoms with Crippen LogP contribution in [0.4, 0.5) is 0 Å². The van der Waals surface area contributed by atoms with Gasteiger partial charge in [0.25, 0.3) is 0 Å². The molecular weight excluding hydrogens is 426 g/mol. The van der Waals surface area contributed by atoms with Gasteiger partial charge in [-0.05, 0) is 36.8 Å². The predicted octanol–water partition coefficient (Wildman–Crippen LogP) is 5.99. The van der Waals surface area contributed by atoms with E-state index in [1.54, 1.807) is 15.9 Å². The largest absolute Gasteiger partial charge is 0.503 e. The topological polar surface area (TPSA) is 106 Å². The Kier molecular flexibility index (Phi) is 3.62. The van der Waals surface area contributed by atoms with Crippen molar-refractivity contribution in [2.24, 2.45) is 0 Å². The van der Waals surface area contributed by atoms with Crippen molar-refractivity contribution in [3.05, 3.63) is 60.2 Å². The molecule has 32 heavy (non-hydrogen) atoms. The first kappa shape index (κ1) is 18.7. The third-order valence-corrected chi connectivity index (χ3v) is 7.13. The molecule has 0 aliphatic rings. The molecule has 0 radical (unpaired) electrons. The molecule has 4 aromatic carbocycles. The molecule has 6 aromatic rings. The van der Waals surface area contributed by atoms with Crippen LogP contribution in [0.3, 0.4) is 0 Å². The van der Waals surface area contributed by atoms with Crippen LogP contribution in [-0.2, 0) is 0 Å². The standard InChI is InChI=1S/C25H17NO5S/c1-11-6-7-12-15(10-11)26(20-21(27)23(29)25(31)24(30)22(20)28)14-8-9-17-19(18(12)14)13-4-2-3-5-16(13)32-17/h2-10,27-31H,1H3.